The van der Waals surface area contributed by atoms with Gasteiger partial charge in [-0.3, -0.25) is 10.2 Å². The third kappa shape index (κ3) is 3.85. The van der Waals surface area contributed by atoms with Gasteiger partial charge in [0.1, 0.15) is 11.6 Å². The van der Waals surface area contributed by atoms with Gasteiger partial charge in [-0.1, -0.05) is 11.6 Å². The van der Waals surface area contributed by atoms with Gasteiger partial charge in [0.05, 0.1) is 11.6 Å². The molecule has 5 nitrogen and oxygen atoms in total. The van der Waals surface area contributed by atoms with Gasteiger partial charge in [0.15, 0.2) is 0 Å². The number of nitrogens with one attached hydrogen (secondary N) is 1. The zero-order valence-corrected chi connectivity index (χ0v) is 9.83. The monoisotopic (exact) mass is 262 g/mol. The smallest absolute Gasteiger partial charge is 0.277 e. The summed E-state index contributed by atoms with van der Waals surface area (Å²) in [4.78, 5) is 11.3. The Morgan fingerprint density at radius 3 is 2.88 bits per heavy atom. The summed E-state index contributed by atoms with van der Waals surface area (Å²) in [6.07, 6.45) is -0.925. The van der Waals surface area contributed by atoms with Gasteiger partial charge in [-0.05, 0) is 12.1 Å². The Hall–Kier alpha value is -1.37. The number of halogens is 2. The van der Waals surface area contributed by atoms with Crippen molar-refractivity contribution in [3.63, 3.8) is 0 Å². The Kier molecular flexibility index (Phi) is 5.14. The van der Waals surface area contributed by atoms with E-state index in [9.17, 15) is 9.18 Å². The molecule has 17 heavy (non-hydrogen) atoms. The highest BCUT2D eigenvalue weighted by Crippen LogP contribution is 2.22. The molecule has 0 radical (unpaired) electrons. The van der Waals surface area contributed by atoms with E-state index >= 15 is 0 Å². The van der Waals surface area contributed by atoms with Crippen molar-refractivity contribution in [2.45, 2.75) is 6.10 Å². The fourth-order valence-corrected chi connectivity index (χ4v) is 1.29. The summed E-state index contributed by atoms with van der Waals surface area (Å²) in [5, 5.41) is -0.0909. The summed E-state index contributed by atoms with van der Waals surface area (Å²) < 4.78 is 23.0. The first-order chi connectivity index (χ1) is 8.08. The van der Waals surface area contributed by atoms with E-state index in [-0.39, 0.29) is 17.4 Å². The molecule has 0 saturated carbocycles. The van der Waals surface area contributed by atoms with Gasteiger partial charge in [-0.15, -0.1) is 0 Å². The summed E-state index contributed by atoms with van der Waals surface area (Å²) in [6, 6.07) is 3.76. The molecule has 3 N–H and O–H groups in total. The van der Waals surface area contributed by atoms with E-state index in [1.165, 1.54) is 19.2 Å². The maximum atomic E-state index is 12.9. The minimum absolute atomic E-state index is 0.0119. The topological polar surface area (TPSA) is 73.6 Å². The molecule has 0 aliphatic rings. The lowest BCUT2D eigenvalue weighted by atomic mass is 10.3. The third-order valence-electron chi connectivity index (χ3n) is 1.92. The molecular formula is C10H12ClFN2O3. The van der Waals surface area contributed by atoms with Gasteiger partial charge in [-0.2, -0.15) is 0 Å². The van der Waals surface area contributed by atoms with Crippen LogP contribution in [0.15, 0.2) is 18.2 Å². The summed E-state index contributed by atoms with van der Waals surface area (Å²) in [7, 11) is 1.41. The quantitative estimate of drug-likeness (QED) is 0.469. The molecule has 0 aliphatic heterocycles. The fourth-order valence-electron chi connectivity index (χ4n) is 1.12. The van der Waals surface area contributed by atoms with E-state index in [0.29, 0.717) is 0 Å². The number of ether oxygens (including phenoxy) is 2. The first kappa shape index (κ1) is 13.7. The van der Waals surface area contributed by atoms with Crippen molar-refractivity contribution in [2.75, 3.05) is 13.7 Å². The zero-order chi connectivity index (χ0) is 12.8. The molecule has 1 unspecified atom stereocenters. The number of rotatable bonds is 5. The second-order valence-corrected chi connectivity index (χ2v) is 3.55. The highest BCUT2D eigenvalue weighted by Gasteiger charge is 2.19. The van der Waals surface area contributed by atoms with Crippen molar-refractivity contribution in [3.8, 4) is 5.75 Å². The number of amides is 1. The second kappa shape index (κ2) is 6.39. The van der Waals surface area contributed by atoms with Crippen LogP contribution < -0.4 is 16.0 Å². The summed E-state index contributed by atoms with van der Waals surface area (Å²) in [5.74, 6) is 4.13. The molecule has 94 valence electrons. The van der Waals surface area contributed by atoms with Gasteiger partial charge in [0.25, 0.3) is 5.91 Å². The highest BCUT2D eigenvalue weighted by atomic mass is 35.5. The van der Waals surface area contributed by atoms with Crippen molar-refractivity contribution in [2.24, 2.45) is 5.84 Å². The van der Waals surface area contributed by atoms with E-state index in [1.54, 1.807) is 0 Å². The number of hydrazine groups is 1. The molecule has 0 heterocycles. The molecule has 0 spiro atoms. The number of carbonyl (C=O) groups excluding carboxylic acids is 1. The van der Waals surface area contributed by atoms with Crippen molar-refractivity contribution in [1.29, 1.82) is 0 Å². The molecule has 0 saturated heterocycles. The average Bonchev–Trinajstić information content (AvgIpc) is 2.32. The van der Waals surface area contributed by atoms with E-state index in [2.05, 4.69) is 0 Å². The first-order valence-electron chi connectivity index (χ1n) is 4.69. The summed E-state index contributed by atoms with van der Waals surface area (Å²) in [6.45, 7) is 0.0119. The normalized spacial score (nSPS) is 12.0. The number of nitrogens with two attached hydrogens (primary N) is 1. The number of carbonyl (C=O) groups is 1. The lowest BCUT2D eigenvalue weighted by molar-refractivity contribution is -0.130. The third-order valence-corrected chi connectivity index (χ3v) is 2.21. The van der Waals surface area contributed by atoms with Crippen LogP contribution in [0.25, 0.3) is 0 Å². The van der Waals surface area contributed by atoms with E-state index in [1.807, 2.05) is 5.43 Å². The van der Waals surface area contributed by atoms with Crippen LogP contribution in [-0.2, 0) is 9.53 Å². The van der Waals surface area contributed by atoms with Gasteiger partial charge < -0.3 is 9.47 Å². The minimum Gasteiger partial charge on any atom is -0.478 e. The Balaban J connectivity index is 2.78. The largest absolute Gasteiger partial charge is 0.478 e. The zero-order valence-electron chi connectivity index (χ0n) is 9.07. The Bertz CT molecular complexity index is 403. The van der Waals surface area contributed by atoms with Crippen molar-refractivity contribution >= 4 is 17.5 Å². The van der Waals surface area contributed by atoms with Gasteiger partial charge in [0.2, 0.25) is 6.10 Å². The van der Waals surface area contributed by atoms with Gasteiger partial charge in [0, 0.05) is 13.2 Å². The van der Waals surface area contributed by atoms with Crippen LogP contribution in [0.5, 0.6) is 5.75 Å². The average molecular weight is 263 g/mol. The molecule has 0 aliphatic carbocycles. The van der Waals surface area contributed by atoms with E-state index in [4.69, 9.17) is 26.9 Å². The number of hydrogen-bond acceptors (Lipinski definition) is 4. The van der Waals surface area contributed by atoms with Crippen LogP contribution in [0.3, 0.4) is 0 Å². The molecule has 1 aromatic carbocycles. The van der Waals surface area contributed by atoms with Crippen LogP contribution in [0.2, 0.25) is 5.02 Å². The SMILES string of the molecule is COCC(Oc1ccc(F)c(Cl)c1)C(=O)NN. The number of benzene rings is 1. The lowest BCUT2D eigenvalue weighted by Gasteiger charge is -2.16. The van der Waals surface area contributed by atoms with Gasteiger partial charge >= 0.3 is 0 Å². The van der Waals surface area contributed by atoms with Crippen LogP contribution in [-0.4, -0.2) is 25.7 Å². The predicted octanol–water partition coefficient (Wildman–Crippen LogP) is 0.863. The summed E-state index contributed by atoms with van der Waals surface area (Å²) >= 11 is 5.58. The minimum atomic E-state index is -0.925. The molecule has 0 aromatic heterocycles. The molecule has 0 bridgehead atoms. The number of hydrogen-bond donors (Lipinski definition) is 2. The van der Waals surface area contributed by atoms with Crippen molar-refractivity contribution < 1.29 is 18.7 Å². The second-order valence-electron chi connectivity index (χ2n) is 3.15. The molecule has 0 fully saturated rings. The molecule has 7 heteroatoms. The Morgan fingerprint density at radius 2 is 2.35 bits per heavy atom. The predicted molar refractivity (Wildman–Crippen MR) is 60.0 cm³/mol. The molecule has 1 aromatic rings. The van der Waals surface area contributed by atoms with Crippen LogP contribution >= 0.6 is 11.6 Å². The van der Waals surface area contributed by atoms with Crippen LogP contribution in [0.1, 0.15) is 0 Å². The molecule has 1 rings (SSSR count). The fraction of sp³-hybridized carbons (Fsp3) is 0.300. The molecular weight excluding hydrogens is 251 g/mol. The summed E-state index contributed by atoms with van der Waals surface area (Å²) in [5.41, 5.74) is 1.95. The lowest BCUT2D eigenvalue weighted by Crippen LogP contribution is -2.44. The van der Waals surface area contributed by atoms with Gasteiger partial charge in [-0.25, -0.2) is 10.2 Å². The highest BCUT2D eigenvalue weighted by molar-refractivity contribution is 6.30. The molecule has 1 atom stereocenters. The first-order valence-corrected chi connectivity index (χ1v) is 5.07. The van der Waals surface area contributed by atoms with Crippen LogP contribution in [0.4, 0.5) is 4.39 Å². The van der Waals surface area contributed by atoms with Crippen molar-refractivity contribution in [1.82, 2.24) is 5.43 Å². The Morgan fingerprint density at radius 1 is 1.65 bits per heavy atom. The number of methoxy groups -OCH3 is 1. The standard InChI is InChI=1S/C10H12ClFN2O3/c1-16-5-9(10(15)14-13)17-6-2-3-8(12)7(11)4-6/h2-4,9H,5,13H2,1H3,(H,14,15). The van der Waals surface area contributed by atoms with E-state index < -0.39 is 17.8 Å². The molecule has 1 amide bonds. The maximum absolute atomic E-state index is 12.9. The van der Waals surface area contributed by atoms with Crippen LogP contribution in [0, 0.1) is 5.82 Å². The van der Waals surface area contributed by atoms with Crippen molar-refractivity contribution in [3.05, 3.63) is 29.0 Å². The van der Waals surface area contributed by atoms with E-state index in [0.717, 1.165) is 6.07 Å². The Labute approximate surface area is 103 Å². The maximum Gasteiger partial charge on any atom is 0.277 e.